The van der Waals surface area contributed by atoms with Crippen molar-refractivity contribution in [1.82, 2.24) is 8.87 Å². The fraction of sp³-hybridized carbons (Fsp3) is 0.360. The molecule has 0 aliphatic heterocycles. The lowest BCUT2D eigenvalue weighted by atomic mass is 9.89. The van der Waals surface area contributed by atoms with Crippen molar-refractivity contribution in [3.8, 4) is 0 Å². The van der Waals surface area contributed by atoms with Gasteiger partial charge in [-0.2, -0.15) is 0 Å². The van der Waals surface area contributed by atoms with Crippen LogP contribution < -0.4 is 10.9 Å². The first-order chi connectivity index (χ1) is 15.8. The summed E-state index contributed by atoms with van der Waals surface area (Å²) < 4.78 is 27.4. The molecule has 0 saturated heterocycles. The summed E-state index contributed by atoms with van der Waals surface area (Å²) in [6, 6.07) is 15.2. The molecule has 174 valence electrons. The Kier molecular flexibility index (Phi) is 6.67. The van der Waals surface area contributed by atoms with E-state index < -0.39 is 15.9 Å². The Morgan fingerprint density at radius 2 is 1.70 bits per heavy atom. The summed E-state index contributed by atoms with van der Waals surface area (Å²) in [5, 5.41) is 3.58. The molecule has 7 nitrogen and oxygen atoms in total. The summed E-state index contributed by atoms with van der Waals surface area (Å²) >= 11 is 0. The zero-order chi connectivity index (χ0) is 23.6. The number of nitrogens with zero attached hydrogens (tertiary/aromatic N) is 2. The number of hydrogen-bond donors (Lipinski definition) is 1. The van der Waals surface area contributed by atoms with E-state index in [1.807, 2.05) is 24.3 Å². The van der Waals surface area contributed by atoms with E-state index in [1.54, 1.807) is 10.6 Å². The van der Waals surface area contributed by atoms with Gasteiger partial charge in [0.15, 0.2) is 0 Å². The van der Waals surface area contributed by atoms with Gasteiger partial charge in [-0.1, -0.05) is 37.5 Å². The second-order valence-electron chi connectivity index (χ2n) is 8.80. The highest BCUT2D eigenvalue weighted by Gasteiger charge is 2.21. The summed E-state index contributed by atoms with van der Waals surface area (Å²) in [6.45, 7) is 0.609. The summed E-state index contributed by atoms with van der Waals surface area (Å²) in [5.41, 5.74) is 1.03. The number of hydrogen-bond acceptors (Lipinski definition) is 4. The predicted molar refractivity (Wildman–Crippen MR) is 130 cm³/mol. The molecule has 0 spiro atoms. The van der Waals surface area contributed by atoms with Crippen LogP contribution in [0.4, 0.5) is 5.69 Å². The minimum absolute atomic E-state index is 0.0782. The molecule has 33 heavy (non-hydrogen) atoms. The Morgan fingerprint density at radius 1 is 1.03 bits per heavy atom. The van der Waals surface area contributed by atoms with Gasteiger partial charge < -0.3 is 9.88 Å². The van der Waals surface area contributed by atoms with Crippen molar-refractivity contribution in [3.05, 3.63) is 70.5 Å². The van der Waals surface area contributed by atoms with Gasteiger partial charge in [0, 0.05) is 26.3 Å². The number of fused-ring (bicyclic) bond motifs is 1. The SMILES string of the molecule is CN(C)S(=O)(=O)c1ccc(NC(=O)c2cc3ccccc3n(CC3CCCCC3)c2=O)cc1. The largest absolute Gasteiger partial charge is 0.322 e. The van der Waals surface area contributed by atoms with E-state index in [9.17, 15) is 18.0 Å². The van der Waals surface area contributed by atoms with E-state index in [0.717, 1.165) is 28.0 Å². The van der Waals surface area contributed by atoms with Gasteiger partial charge in [-0.15, -0.1) is 0 Å². The molecule has 1 amide bonds. The van der Waals surface area contributed by atoms with Gasteiger partial charge in [0.2, 0.25) is 10.0 Å². The molecule has 2 aromatic carbocycles. The maximum Gasteiger partial charge on any atom is 0.263 e. The van der Waals surface area contributed by atoms with E-state index in [4.69, 9.17) is 0 Å². The van der Waals surface area contributed by atoms with Crippen LogP contribution in [-0.2, 0) is 16.6 Å². The molecule has 0 bridgehead atoms. The molecule has 1 fully saturated rings. The Morgan fingerprint density at radius 3 is 2.36 bits per heavy atom. The van der Waals surface area contributed by atoms with E-state index in [-0.39, 0.29) is 16.0 Å². The third-order valence-electron chi connectivity index (χ3n) is 6.30. The predicted octanol–water partition coefficient (Wildman–Crippen LogP) is 4.08. The molecule has 1 aliphatic carbocycles. The minimum atomic E-state index is -3.56. The number of nitrogens with one attached hydrogen (secondary N) is 1. The van der Waals surface area contributed by atoms with Crippen LogP contribution in [-0.4, -0.2) is 37.3 Å². The maximum atomic E-state index is 13.4. The lowest BCUT2D eigenvalue weighted by Crippen LogP contribution is -2.31. The smallest absolute Gasteiger partial charge is 0.263 e. The fourth-order valence-electron chi connectivity index (χ4n) is 4.42. The zero-order valence-electron chi connectivity index (χ0n) is 19.0. The average Bonchev–Trinajstić information content (AvgIpc) is 2.81. The quantitative estimate of drug-likeness (QED) is 0.592. The topological polar surface area (TPSA) is 88.5 Å². The van der Waals surface area contributed by atoms with Crippen LogP contribution in [0.25, 0.3) is 10.9 Å². The number of rotatable bonds is 6. The average molecular weight is 468 g/mol. The molecule has 1 N–H and O–H groups in total. The first kappa shape index (κ1) is 23.2. The Bertz CT molecular complexity index is 1320. The molecule has 1 heterocycles. The highest BCUT2D eigenvalue weighted by molar-refractivity contribution is 7.89. The number of anilines is 1. The van der Waals surface area contributed by atoms with E-state index in [0.29, 0.717) is 18.2 Å². The number of para-hydroxylation sites is 1. The minimum Gasteiger partial charge on any atom is -0.322 e. The third-order valence-corrected chi connectivity index (χ3v) is 8.13. The second kappa shape index (κ2) is 9.49. The number of pyridine rings is 1. The van der Waals surface area contributed by atoms with Crippen LogP contribution in [0.1, 0.15) is 42.5 Å². The van der Waals surface area contributed by atoms with E-state index in [1.165, 1.54) is 57.6 Å². The van der Waals surface area contributed by atoms with Crippen LogP contribution in [0.3, 0.4) is 0 Å². The number of carbonyl (C=O) groups is 1. The van der Waals surface area contributed by atoms with Crippen molar-refractivity contribution in [3.63, 3.8) is 0 Å². The molecule has 1 aromatic heterocycles. The van der Waals surface area contributed by atoms with E-state index >= 15 is 0 Å². The lowest BCUT2D eigenvalue weighted by Gasteiger charge is -2.23. The van der Waals surface area contributed by atoms with Gasteiger partial charge in [0.1, 0.15) is 5.56 Å². The van der Waals surface area contributed by atoms with Crippen LogP contribution in [0.2, 0.25) is 0 Å². The van der Waals surface area contributed by atoms with Gasteiger partial charge in [0.25, 0.3) is 11.5 Å². The maximum absolute atomic E-state index is 13.4. The van der Waals surface area contributed by atoms with Crippen LogP contribution >= 0.6 is 0 Å². The van der Waals surface area contributed by atoms with Crippen LogP contribution in [0, 0.1) is 5.92 Å². The van der Waals surface area contributed by atoms with Crippen LogP contribution in [0.15, 0.2) is 64.3 Å². The molecular formula is C25H29N3O4S. The highest BCUT2D eigenvalue weighted by Crippen LogP contribution is 2.26. The van der Waals surface area contributed by atoms with Gasteiger partial charge in [-0.25, -0.2) is 12.7 Å². The number of carbonyl (C=O) groups excluding carboxylic acids is 1. The van der Waals surface area contributed by atoms with Crippen molar-refractivity contribution in [2.45, 2.75) is 43.5 Å². The number of amides is 1. The van der Waals surface area contributed by atoms with Gasteiger partial charge >= 0.3 is 0 Å². The highest BCUT2D eigenvalue weighted by atomic mass is 32.2. The van der Waals surface area contributed by atoms with Crippen molar-refractivity contribution >= 4 is 32.5 Å². The molecule has 1 saturated carbocycles. The van der Waals surface area contributed by atoms with Gasteiger partial charge in [0.05, 0.1) is 10.4 Å². The Labute approximate surface area is 194 Å². The van der Waals surface area contributed by atoms with Crippen molar-refractivity contribution in [2.24, 2.45) is 5.92 Å². The summed E-state index contributed by atoms with van der Waals surface area (Å²) in [5.74, 6) is -0.0734. The second-order valence-corrected chi connectivity index (χ2v) is 11.0. The number of benzene rings is 2. The van der Waals surface area contributed by atoms with Gasteiger partial charge in [-0.05, 0) is 60.5 Å². The van der Waals surface area contributed by atoms with Crippen molar-refractivity contribution < 1.29 is 13.2 Å². The Hall–Kier alpha value is -2.97. The van der Waals surface area contributed by atoms with Crippen molar-refractivity contribution in [1.29, 1.82) is 0 Å². The molecule has 0 atom stereocenters. The molecule has 0 radical (unpaired) electrons. The standard InChI is InChI=1S/C25H29N3O4S/c1-27(2)33(31,32)21-14-12-20(13-15-21)26-24(29)22-16-19-10-6-7-11-23(19)28(25(22)30)17-18-8-4-3-5-9-18/h6-7,10-16,18H,3-5,8-9,17H2,1-2H3,(H,26,29). The monoisotopic (exact) mass is 467 g/mol. The number of aromatic nitrogens is 1. The normalized spacial score (nSPS) is 15.1. The summed E-state index contributed by atoms with van der Waals surface area (Å²) in [7, 11) is -0.635. The lowest BCUT2D eigenvalue weighted by molar-refractivity contribution is 0.102. The van der Waals surface area contributed by atoms with Gasteiger partial charge in [-0.3, -0.25) is 9.59 Å². The first-order valence-electron chi connectivity index (χ1n) is 11.2. The summed E-state index contributed by atoms with van der Waals surface area (Å²) in [6.07, 6.45) is 5.79. The molecular weight excluding hydrogens is 438 g/mol. The van der Waals surface area contributed by atoms with Crippen molar-refractivity contribution in [2.75, 3.05) is 19.4 Å². The molecule has 0 unspecified atom stereocenters. The first-order valence-corrected chi connectivity index (χ1v) is 12.7. The van der Waals surface area contributed by atoms with E-state index in [2.05, 4.69) is 5.32 Å². The molecule has 1 aliphatic rings. The summed E-state index contributed by atoms with van der Waals surface area (Å²) in [4.78, 5) is 26.6. The molecule has 8 heteroatoms. The molecule has 4 rings (SSSR count). The third kappa shape index (κ3) is 4.86. The molecule has 3 aromatic rings. The van der Waals surface area contributed by atoms with Crippen LogP contribution in [0.5, 0.6) is 0 Å². The fourth-order valence-corrected chi connectivity index (χ4v) is 5.32. The Balaban J connectivity index is 1.64. The number of sulfonamides is 1. The zero-order valence-corrected chi connectivity index (χ0v) is 19.8.